The van der Waals surface area contributed by atoms with Gasteiger partial charge < -0.3 is 9.66 Å². The molecule has 0 saturated carbocycles. The molecule has 0 fully saturated rings. The minimum Gasteiger partial charge on any atom is -0.597 e. The summed E-state index contributed by atoms with van der Waals surface area (Å²) in [6.45, 7) is 1.39. The lowest BCUT2D eigenvalue weighted by atomic mass is 10.2. The Hall–Kier alpha value is -0.980. The summed E-state index contributed by atoms with van der Waals surface area (Å²) < 4.78 is 11.5. The van der Waals surface area contributed by atoms with Gasteiger partial charge in [0.1, 0.15) is 26.3 Å². The van der Waals surface area contributed by atoms with Crippen LogP contribution < -0.4 is 0 Å². The smallest absolute Gasteiger partial charge is 0.372 e. The summed E-state index contributed by atoms with van der Waals surface area (Å²) in [6, 6.07) is 8.16. The fourth-order valence-corrected chi connectivity index (χ4v) is 3.23. The molecule has 1 aromatic rings. The van der Waals surface area contributed by atoms with Crippen molar-refractivity contribution in [1.82, 2.24) is 0 Å². The van der Waals surface area contributed by atoms with Gasteiger partial charge in [-0.15, -0.1) is 0 Å². The molecule has 1 aromatic carbocycles. The maximum Gasteiger partial charge on any atom is 0.372 e. The average Bonchev–Trinajstić information content (AvgIpc) is 2.28. The largest absolute Gasteiger partial charge is 0.597 e. The van der Waals surface area contributed by atoms with Crippen LogP contribution in [-0.2, 0) is 15.0 Å². The van der Waals surface area contributed by atoms with Gasteiger partial charge in [0.25, 0.3) is 0 Å². The van der Waals surface area contributed by atoms with E-state index < -0.39 is 26.5 Å². The molecule has 2 unspecified atom stereocenters. The second-order valence-electron chi connectivity index (χ2n) is 2.96. The fourth-order valence-electron chi connectivity index (χ4n) is 0.886. The molecule has 86 valence electrons. The van der Waals surface area contributed by atoms with Gasteiger partial charge in [-0.1, -0.05) is 18.2 Å². The molecular formula is C10H10O4S2. The fraction of sp³-hybridized carbons (Fsp3) is 0.200. The SMILES string of the molecule is CC(S[S+]([O-])C(=O)c1ccccc1)C(=O)O. The lowest BCUT2D eigenvalue weighted by Crippen LogP contribution is -2.19. The van der Waals surface area contributed by atoms with E-state index in [2.05, 4.69) is 0 Å². The summed E-state index contributed by atoms with van der Waals surface area (Å²) in [7, 11) is -1.24. The third kappa shape index (κ3) is 3.55. The summed E-state index contributed by atoms with van der Waals surface area (Å²) in [5, 5.41) is 7.19. The van der Waals surface area contributed by atoms with Crippen molar-refractivity contribution in [2.45, 2.75) is 12.2 Å². The third-order valence-corrected chi connectivity index (χ3v) is 4.79. The molecule has 0 aliphatic rings. The predicted octanol–water partition coefficient (Wildman–Crippen LogP) is 1.70. The molecule has 4 nitrogen and oxygen atoms in total. The molecule has 1 rings (SSSR count). The number of rotatable bonds is 4. The Morgan fingerprint density at radius 2 is 1.94 bits per heavy atom. The van der Waals surface area contributed by atoms with Crippen LogP contribution in [0.2, 0.25) is 0 Å². The van der Waals surface area contributed by atoms with E-state index in [1.165, 1.54) is 6.92 Å². The first-order valence-electron chi connectivity index (χ1n) is 4.43. The van der Waals surface area contributed by atoms with Crippen molar-refractivity contribution in [3.63, 3.8) is 0 Å². The summed E-state index contributed by atoms with van der Waals surface area (Å²) in [6.07, 6.45) is 0. The van der Waals surface area contributed by atoms with Crippen molar-refractivity contribution in [3.8, 4) is 0 Å². The first kappa shape index (κ1) is 13.1. The molecular weight excluding hydrogens is 248 g/mol. The van der Waals surface area contributed by atoms with Crippen molar-refractivity contribution in [2.75, 3.05) is 0 Å². The second kappa shape index (κ2) is 5.93. The Kier molecular flexibility index (Phi) is 4.85. The van der Waals surface area contributed by atoms with Gasteiger partial charge >= 0.3 is 11.1 Å². The molecule has 0 aliphatic carbocycles. The van der Waals surface area contributed by atoms with Gasteiger partial charge in [-0.25, -0.2) is 4.79 Å². The molecule has 0 heterocycles. The van der Waals surface area contributed by atoms with Crippen LogP contribution in [0.3, 0.4) is 0 Å². The molecule has 2 atom stereocenters. The summed E-state index contributed by atoms with van der Waals surface area (Å²) >= 11 is 0. The Balaban J connectivity index is 2.65. The number of carboxylic acid groups (broad SMARTS) is 1. The summed E-state index contributed by atoms with van der Waals surface area (Å²) in [5.74, 6) is -1.08. The van der Waals surface area contributed by atoms with Gasteiger partial charge in [-0.2, -0.15) is 0 Å². The highest BCUT2D eigenvalue weighted by Gasteiger charge is 2.29. The maximum atomic E-state index is 11.6. The van der Waals surface area contributed by atoms with Crippen LogP contribution in [0.15, 0.2) is 30.3 Å². The Morgan fingerprint density at radius 1 is 1.38 bits per heavy atom. The minimum absolute atomic E-state index is 0.325. The lowest BCUT2D eigenvalue weighted by Gasteiger charge is -2.08. The average molecular weight is 258 g/mol. The van der Waals surface area contributed by atoms with Gasteiger partial charge in [0.15, 0.2) is 0 Å². The van der Waals surface area contributed by atoms with Crippen LogP contribution >= 0.6 is 10.8 Å². The molecule has 0 aromatic heterocycles. The lowest BCUT2D eigenvalue weighted by molar-refractivity contribution is -0.136. The highest BCUT2D eigenvalue weighted by molar-refractivity contribution is 8.77. The van der Waals surface area contributed by atoms with E-state index in [-0.39, 0.29) is 0 Å². The highest BCUT2D eigenvalue weighted by atomic mass is 33.1. The third-order valence-electron chi connectivity index (χ3n) is 1.74. The summed E-state index contributed by atoms with van der Waals surface area (Å²) in [4.78, 5) is 22.1. The van der Waals surface area contributed by atoms with Crippen molar-refractivity contribution >= 4 is 32.1 Å². The number of hydrogen-bond acceptors (Lipinski definition) is 4. The number of carbonyl (C=O) groups is 2. The van der Waals surface area contributed by atoms with Gasteiger partial charge in [-0.3, -0.25) is 4.79 Å². The van der Waals surface area contributed by atoms with Crippen LogP contribution in [0, 0.1) is 0 Å². The van der Waals surface area contributed by atoms with Gasteiger partial charge in [0, 0.05) is 0 Å². The number of carboxylic acids is 1. The van der Waals surface area contributed by atoms with E-state index in [1.54, 1.807) is 30.3 Å². The second-order valence-corrected chi connectivity index (χ2v) is 6.19. The standard InChI is InChI=1S/C10H10O4S2/c1-7(9(11)12)15-16(14)10(13)8-5-3-2-4-6-8/h2-7H,1H3,(H,11,12). The van der Waals surface area contributed by atoms with Crippen molar-refractivity contribution in [1.29, 1.82) is 0 Å². The topological polar surface area (TPSA) is 77.4 Å². The molecule has 0 amide bonds. The van der Waals surface area contributed by atoms with Gasteiger partial charge in [0.2, 0.25) is 0 Å². The molecule has 0 spiro atoms. The van der Waals surface area contributed by atoms with E-state index in [0.29, 0.717) is 16.4 Å². The molecule has 6 heteroatoms. The molecule has 0 bridgehead atoms. The first-order chi connectivity index (χ1) is 7.52. The molecule has 0 radical (unpaired) electrons. The van der Waals surface area contributed by atoms with Crippen LogP contribution in [0.4, 0.5) is 0 Å². The first-order valence-corrected chi connectivity index (χ1v) is 6.98. The number of benzene rings is 1. The number of aliphatic carboxylic acids is 1. The van der Waals surface area contributed by atoms with E-state index in [1.807, 2.05) is 0 Å². The molecule has 16 heavy (non-hydrogen) atoms. The van der Waals surface area contributed by atoms with Crippen molar-refractivity contribution in [2.24, 2.45) is 0 Å². The van der Waals surface area contributed by atoms with Crippen LogP contribution in [0.25, 0.3) is 0 Å². The predicted molar refractivity (Wildman–Crippen MR) is 63.6 cm³/mol. The van der Waals surface area contributed by atoms with E-state index >= 15 is 0 Å². The molecule has 1 N–H and O–H groups in total. The highest BCUT2D eigenvalue weighted by Crippen LogP contribution is 2.23. The van der Waals surface area contributed by atoms with Gasteiger partial charge in [-0.05, 0) is 19.1 Å². The van der Waals surface area contributed by atoms with Crippen LogP contribution in [0.5, 0.6) is 0 Å². The quantitative estimate of drug-likeness (QED) is 0.657. The van der Waals surface area contributed by atoms with E-state index in [0.717, 1.165) is 0 Å². The zero-order chi connectivity index (χ0) is 12.1. The molecule has 0 saturated heterocycles. The summed E-state index contributed by atoms with van der Waals surface area (Å²) in [5.41, 5.74) is 0.325. The number of hydrogen-bond donors (Lipinski definition) is 1. The van der Waals surface area contributed by atoms with Crippen LogP contribution in [0.1, 0.15) is 17.3 Å². The normalized spacial score (nSPS) is 14.1. The zero-order valence-electron chi connectivity index (χ0n) is 8.45. The molecule has 0 aliphatic heterocycles. The van der Waals surface area contributed by atoms with Crippen molar-refractivity contribution in [3.05, 3.63) is 35.9 Å². The maximum absolute atomic E-state index is 11.6. The monoisotopic (exact) mass is 258 g/mol. The van der Waals surface area contributed by atoms with Crippen LogP contribution in [-0.4, -0.2) is 26.0 Å². The van der Waals surface area contributed by atoms with Crippen molar-refractivity contribution < 1.29 is 19.2 Å². The Bertz CT molecular complexity index is 380. The van der Waals surface area contributed by atoms with E-state index in [4.69, 9.17) is 5.11 Å². The van der Waals surface area contributed by atoms with E-state index in [9.17, 15) is 14.1 Å². The Morgan fingerprint density at radius 3 is 2.44 bits per heavy atom. The zero-order valence-corrected chi connectivity index (χ0v) is 10.1. The Labute approximate surface area is 99.6 Å². The minimum atomic E-state index is -1.87. The van der Waals surface area contributed by atoms with Gasteiger partial charge in [0.05, 0.1) is 5.56 Å². The number of carbonyl (C=O) groups excluding carboxylic acids is 1.